The van der Waals surface area contributed by atoms with Gasteiger partial charge in [-0.3, -0.25) is 9.59 Å². The molecule has 0 aliphatic carbocycles. The Bertz CT molecular complexity index is 1130. The van der Waals surface area contributed by atoms with Crippen LogP contribution < -0.4 is 15.5 Å². The van der Waals surface area contributed by atoms with Gasteiger partial charge in [0.2, 0.25) is 0 Å². The lowest BCUT2D eigenvalue weighted by Gasteiger charge is -2.30. The number of benzene rings is 3. The molecule has 0 bridgehead atoms. The highest BCUT2D eigenvalue weighted by molar-refractivity contribution is 6.39. The summed E-state index contributed by atoms with van der Waals surface area (Å²) in [5.41, 5.74) is 5.78. The van der Waals surface area contributed by atoms with Crippen LogP contribution in [0, 0.1) is 12.7 Å². The van der Waals surface area contributed by atoms with Crippen molar-refractivity contribution < 1.29 is 14.0 Å². The second-order valence-corrected chi connectivity index (χ2v) is 8.03. The van der Waals surface area contributed by atoms with E-state index in [0.29, 0.717) is 18.5 Å². The van der Waals surface area contributed by atoms with Crippen LogP contribution in [0.1, 0.15) is 22.3 Å². The van der Waals surface area contributed by atoms with Gasteiger partial charge in [-0.2, -0.15) is 0 Å². The summed E-state index contributed by atoms with van der Waals surface area (Å²) in [5.74, 6) is -1.98. The molecule has 0 spiro atoms. The van der Waals surface area contributed by atoms with Gasteiger partial charge in [-0.15, -0.1) is 0 Å². The Balaban J connectivity index is 1.25. The van der Waals surface area contributed by atoms with Gasteiger partial charge in [-0.05, 0) is 66.3 Å². The first-order chi connectivity index (χ1) is 15.5. The number of nitrogens with zero attached hydrogens (tertiary/aromatic N) is 1. The van der Waals surface area contributed by atoms with Crippen molar-refractivity contribution in [3.8, 4) is 0 Å². The number of rotatable bonds is 5. The number of nitrogens with one attached hydrogen (secondary N) is 2. The van der Waals surface area contributed by atoms with Crippen LogP contribution in [0.4, 0.5) is 15.8 Å². The molecular weight excluding hydrogens is 405 g/mol. The Hall–Kier alpha value is -3.67. The van der Waals surface area contributed by atoms with Crippen LogP contribution in [0.15, 0.2) is 66.7 Å². The standard InChI is InChI=1S/C26H26FN3O2/c1-18-6-9-22(16-24(18)27)29-26(32)25(31)28-14-12-19-7-10-23(11-8-19)30-15-13-20-4-2-3-5-21(20)17-30/h2-11,16H,12-15,17H2,1H3,(H,28,31)(H,29,32). The molecule has 0 radical (unpaired) electrons. The summed E-state index contributed by atoms with van der Waals surface area (Å²) in [6, 6.07) is 21.2. The van der Waals surface area contributed by atoms with E-state index in [-0.39, 0.29) is 5.69 Å². The van der Waals surface area contributed by atoms with E-state index in [1.807, 2.05) is 0 Å². The fourth-order valence-electron chi connectivity index (χ4n) is 3.85. The van der Waals surface area contributed by atoms with Crippen LogP contribution in [0.5, 0.6) is 0 Å². The van der Waals surface area contributed by atoms with Gasteiger partial charge < -0.3 is 15.5 Å². The monoisotopic (exact) mass is 431 g/mol. The second kappa shape index (κ2) is 9.64. The zero-order valence-electron chi connectivity index (χ0n) is 18.0. The van der Waals surface area contributed by atoms with E-state index < -0.39 is 17.6 Å². The third-order valence-corrected chi connectivity index (χ3v) is 5.77. The molecule has 164 valence electrons. The Morgan fingerprint density at radius 2 is 1.72 bits per heavy atom. The van der Waals surface area contributed by atoms with E-state index in [2.05, 4.69) is 64.1 Å². The van der Waals surface area contributed by atoms with Gasteiger partial charge in [0.25, 0.3) is 0 Å². The van der Waals surface area contributed by atoms with Crippen molar-refractivity contribution in [2.75, 3.05) is 23.3 Å². The van der Waals surface area contributed by atoms with Crippen LogP contribution in [-0.4, -0.2) is 24.9 Å². The van der Waals surface area contributed by atoms with Gasteiger partial charge in [-0.25, -0.2) is 4.39 Å². The van der Waals surface area contributed by atoms with Crippen molar-refractivity contribution in [3.63, 3.8) is 0 Å². The predicted molar refractivity (Wildman–Crippen MR) is 124 cm³/mol. The fraction of sp³-hybridized carbons (Fsp3) is 0.231. The molecule has 1 aliphatic heterocycles. The molecule has 6 heteroatoms. The summed E-state index contributed by atoms with van der Waals surface area (Å²) in [6.07, 6.45) is 1.66. The third kappa shape index (κ3) is 5.14. The number of fused-ring (bicyclic) bond motifs is 1. The summed E-state index contributed by atoms with van der Waals surface area (Å²) >= 11 is 0. The molecule has 2 amide bonds. The largest absolute Gasteiger partial charge is 0.367 e. The minimum Gasteiger partial charge on any atom is -0.367 e. The molecule has 0 saturated carbocycles. The number of halogens is 1. The van der Waals surface area contributed by atoms with Crippen molar-refractivity contribution in [1.29, 1.82) is 0 Å². The maximum absolute atomic E-state index is 13.6. The van der Waals surface area contributed by atoms with Gasteiger partial charge in [-0.1, -0.05) is 42.5 Å². The maximum atomic E-state index is 13.6. The smallest absolute Gasteiger partial charge is 0.313 e. The Kier molecular flexibility index (Phi) is 6.50. The van der Waals surface area contributed by atoms with Crippen molar-refractivity contribution in [2.45, 2.75) is 26.3 Å². The zero-order valence-corrected chi connectivity index (χ0v) is 18.0. The second-order valence-electron chi connectivity index (χ2n) is 8.03. The van der Waals surface area contributed by atoms with Crippen molar-refractivity contribution in [1.82, 2.24) is 5.32 Å². The molecule has 2 N–H and O–H groups in total. The molecule has 32 heavy (non-hydrogen) atoms. The number of hydrogen-bond donors (Lipinski definition) is 2. The molecule has 0 unspecified atom stereocenters. The summed E-state index contributed by atoms with van der Waals surface area (Å²) < 4.78 is 13.6. The van der Waals surface area contributed by atoms with Crippen molar-refractivity contribution in [3.05, 3.63) is 94.8 Å². The number of aryl methyl sites for hydroxylation is 1. The Morgan fingerprint density at radius 1 is 0.969 bits per heavy atom. The third-order valence-electron chi connectivity index (χ3n) is 5.77. The molecule has 3 aromatic rings. The summed E-state index contributed by atoms with van der Waals surface area (Å²) in [7, 11) is 0. The van der Waals surface area contributed by atoms with E-state index in [4.69, 9.17) is 0 Å². The van der Waals surface area contributed by atoms with Crippen LogP contribution >= 0.6 is 0 Å². The summed E-state index contributed by atoms with van der Waals surface area (Å²) in [5, 5.41) is 5.02. The summed E-state index contributed by atoms with van der Waals surface area (Å²) in [6.45, 7) is 3.87. The van der Waals surface area contributed by atoms with Gasteiger partial charge in [0.05, 0.1) is 0 Å². The molecule has 0 fully saturated rings. The highest BCUT2D eigenvalue weighted by Gasteiger charge is 2.16. The SMILES string of the molecule is Cc1ccc(NC(=O)C(=O)NCCc2ccc(N3CCc4ccccc4C3)cc2)cc1F. The Morgan fingerprint density at radius 3 is 2.47 bits per heavy atom. The highest BCUT2D eigenvalue weighted by Crippen LogP contribution is 2.24. The average molecular weight is 432 g/mol. The number of carbonyl (C=O) groups excluding carboxylic acids is 2. The number of anilines is 2. The molecule has 4 rings (SSSR count). The zero-order chi connectivity index (χ0) is 22.5. The molecule has 3 aromatic carbocycles. The number of amides is 2. The molecule has 1 heterocycles. The van der Waals surface area contributed by atoms with Crippen LogP contribution in [-0.2, 0) is 29.0 Å². The van der Waals surface area contributed by atoms with Gasteiger partial charge >= 0.3 is 11.8 Å². The molecule has 0 aromatic heterocycles. The molecule has 0 atom stereocenters. The summed E-state index contributed by atoms with van der Waals surface area (Å²) in [4.78, 5) is 26.4. The molecule has 1 aliphatic rings. The van der Waals surface area contributed by atoms with Gasteiger partial charge in [0.1, 0.15) is 5.82 Å². The first-order valence-corrected chi connectivity index (χ1v) is 10.8. The molecule has 0 saturated heterocycles. The van der Waals surface area contributed by atoms with E-state index in [1.165, 1.54) is 22.9 Å². The minimum absolute atomic E-state index is 0.254. The average Bonchev–Trinajstić information content (AvgIpc) is 2.81. The topological polar surface area (TPSA) is 61.4 Å². The quantitative estimate of drug-likeness (QED) is 0.601. The van der Waals surface area contributed by atoms with E-state index in [1.54, 1.807) is 19.1 Å². The van der Waals surface area contributed by atoms with E-state index in [9.17, 15) is 14.0 Å². The lowest BCUT2D eigenvalue weighted by Crippen LogP contribution is -2.36. The minimum atomic E-state index is -0.811. The van der Waals surface area contributed by atoms with Crippen molar-refractivity contribution >= 4 is 23.2 Å². The van der Waals surface area contributed by atoms with E-state index in [0.717, 1.165) is 25.1 Å². The van der Waals surface area contributed by atoms with Crippen LogP contribution in [0.3, 0.4) is 0 Å². The highest BCUT2D eigenvalue weighted by atomic mass is 19.1. The first kappa shape index (κ1) is 21.6. The lowest BCUT2D eigenvalue weighted by molar-refractivity contribution is -0.136. The van der Waals surface area contributed by atoms with Crippen molar-refractivity contribution in [2.24, 2.45) is 0 Å². The first-order valence-electron chi connectivity index (χ1n) is 10.8. The van der Waals surface area contributed by atoms with Crippen LogP contribution in [0.2, 0.25) is 0 Å². The number of hydrogen-bond acceptors (Lipinski definition) is 3. The predicted octanol–water partition coefficient (Wildman–Crippen LogP) is 3.99. The van der Waals surface area contributed by atoms with E-state index >= 15 is 0 Å². The fourth-order valence-corrected chi connectivity index (χ4v) is 3.85. The van der Waals surface area contributed by atoms with Gasteiger partial charge in [0.15, 0.2) is 0 Å². The van der Waals surface area contributed by atoms with Crippen LogP contribution in [0.25, 0.3) is 0 Å². The lowest BCUT2D eigenvalue weighted by atomic mass is 9.99. The van der Waals surface area contributed by atoms with Gasteiger partial charge in [0, 0.05) is 31.0 Å². The number of carbonyl (C=O) groups is 2. The maximum Gasteiger partial charge on any atom is 0.313 e. The molecule has 5 nitrogen and oxygen atoms in total. The molecular formula is C26H26FN3O2. The Labute approximate surface area is 187 Å². The normalized spacial score (nSPS) is 12.8.